The van der Waals surface area contributed by atoms with Crippen molar-refractivity contribution in [2.24, 2.45) is 11.8 Å². The summed E-state index contributed by atoms with van der Waals surface area (Å²) in [5.74, 6) is 1.09. The van der Waals surface area contributed by atoms with Crippen LogP contribution >= 0.6 is 0 Å². The lowest BCUT2D eigenvalue weighted by atomic mass is 10.2. The average Bonchev–Trinajstić information content (AvgIpc) is 2.82. The zero-order valence-electron chi connectivity index (χ0n) is 25.2. The number of rotatable bonds is 4. The predicted molar refractivity (Wildman–Crippen MR) is 145 cm³/mol. The van der Waals surface area contributed by atoms with E-state index in [0.717, 1.165) is 0 Å². The monoisotopic (exact) mass is 515 g/mol. The summed E-state index contributed by atoms with van der Waals surface area (Å²) in [5, 5.41) is 0. The molecule has 10 nitrogen and oxygen atoms in total. The van der Waals surface area contributed by atoms with Crippen molar-refractivity contribution < 1.29 is 24.0 Å². The predicted octanol–water partition coefficient (Wildman–Crippen LogP) is 2.03. The fourth-order valence-corrected chi connectivity index (χ4v) is 2.84. The van der Waals surface area contributed by atoms with E-state index in [1.165, 1.54) is 0 Å². The van der Waals surface area contributed by atoms with Crippen LogP contribution < -0.4 is 0 Å². The molecule has 0 aromatic carbocycles. The number of carbonyl (C=O) groups excluding carboxylic acids is 5. The van der Waals surface area contributed by atoms with E-state index >= 15 is 0 Å². The van der Waals surface area contributed by atoms with E-state index in [1.807, 2.05) is 46.4 Å². The van der Waals surface area contributed by atoms with Crippen molar-refractivity contribution in [2.45, 2.75) is 61.3 Å². The molecule has 0 saturated carbocycles. The molecule has 0 spiro atoms. The van der Waals surface area contributed by atoms with Gasteiger partial charge < -0.3 is 24.5 Å². The Morgan fingerprint density at radius 2 is 0.944 bits per heavy atom. The van der Waals surface area contributed by atoms with Crippen molar-refractivity contribution >= 4 is 29.5 Å². The molecule has 1 aliphatic heterocycles. The third-order valence-electron chi connectivity index (χ3n) is 5.05. The summed E-state index contributed by atoms with van der Waals surface area (Å²) in [6.45, 7) is 15.6. The Balaban J connectivity index is -0.000000420. The van der Waals surface area contributed by atoms with Crippen LogP contribution in [0.2, 0.25) is 0 Å². The van der Waals surface area contributed by atoms with E-state index in [1.54, 1.807) is 68.8 Å². The van der Waals surface area contributed by atoms with Gasteiger partial charge in [0.1, 0.15) is 0 Å². The van der Waals surface area contributed by atoms with Crippen LogP contribution in [0.15, 0.2) is 0 Å². The standard InChI is InChI=1S/C9H16N2O2.2C6H13NO.C5H11NO/c1-3-9(13)11-6-4-10(5-7-11)8(2)12;2*1-5(2)6(8)7(3)4;1-4-5(7)6(2)3/h3-7H2,1-2H3;2*5H,1-4H3;4H2,1-3H3. The molecule has 0 radical (unpaired) electrons. The number of amides is 5. The first-order valence-electron chi connectivity index (χ1n) is 12.6. The number of nitrogens with zero attached hydrogens (tertiary/aromatic N) is 5. The van der Waals surface area contributed by atoms with E-state index < -0.39 is 0 Å². The minimum absolute atomic E-state index is 0.101. The van der Waals surface area contributed by atoms with Crippen molar-refractivity contribution in [1.82, 2.24) is 24.5 Å². The molecule has 1 saturated heterocycles. The Hall–Kier alpha value is -2.65. The molecule has 5 amide bonds. The maximum Gasteiger partial charge on any atom is 0.224 e. The Morgan fingerprint density at radius 1 is 0.611 bits per heavy atom. The lowest BCUT2D eigenvalue weighted by Crippen LogP contribution is -2.49. The average molecular weight is 516 g/mol. The van der Waals surface area contributed by atoms with Gasteiger partial charge in [0.05, 0.1) is 0 Å². The zero-order chi connectivity index (χ0) is 29.2. The second-order valence-corrected chi connectivity index (χ2v) is 9.66. The third kappa shape index (κ3) is 18.6. The third-order valence-corrected chi connectivity index (χ3v) is 5.05. The minimum Gasteiger partial charge on any atom is -0.349 e. The van der Waals surface area contributed by atoms with E-state index in [0.29, 0.717) is 39.0 Å². The summed E-state index contributed by atoms with van der Waals surface area (Å²) in [5.41, 5.74) is 0. The minimum atomic E-state index is 0.101. The highest BCUT2D eigenvalue weighted by atomic mass is 16.2. The molecular formula is C26H53N5O5. The summed E-state index contributed by atoms with van der Waals surface area (Å²) in [6.07, 6.45) is 1.16. The highest BCUT2D eigenvalue weighted by molar-refractivity contribution is 5.78. The summed E-state index contributed by atoms with van der Waals surface area (Å²) in [4.78, 5) is 62.6. The molecular weight excluding hydrogens is 462 g/mol. The van der Waals surface area contributed by atoms with Crippen LogP contribution in [-0.4, -0.2) is 123 Å². The van der Waals surface area contributed by atoms with Crippen molar-refractivity contribution in [1.29, 1.82) is 0 Å². The van der Waals surface area contributed by atoms with Gasteiger partial charge in [0.25, 0.3) is 0 Å². The topological polar surface area (TPSA) is 102 Å². The number of hydrogen-bond acceptors (Lipinski definition) is 5. The summed E-state index contributed by atoms with van der Waals surface area (Å²) >= 11 is 0. The van der Waals surface area contributed by atoms with Gasteiger partial charge in [-0.15, -0.1) is 0 Å². The second-order valence-electron chi connectivity index (χ2n) is 9.66. The van der Waals surface area contributed by atoms with Gasteiger partial charge >= 0.3 is 0 Å². The first kappa shape index (κ1) is 37.9. The van der Waals surface area contributed by atoms with Crippen LogP contribution in [0.4, 0.5) is 0 Å². The van der Waals surface area contributed by atoms with Gasteiger partial charge in [-0.05, 0) is 0 Å². The van der Waals surface area contributed by atoms with E-state index in [9.17, 15) is 24.0 Å². The lowest BCUT2D eigenvalue weighted by Gasteiger charge is -2.34. The van der Waals surface area contributed by atoms with Crippen LogP contribution in [0, 0.1) is 11.8 Å². The van der Waals surface area contributed by atoms with Crippen molar-refractivity contribution in [3.8, 4) is 0 Å². The molecule has 1 aliphatic rings. The van der Waals surface area contributed by atoms with Crippen LogP contribution in [0.1, 0.15) is 61.3 Å². The van der Waals surface area contributed by atoms with E-state index in [4.69, 9.17) is 0 Å². The molecule has 36 heavy (non-hydrogen) atoms. The van der Waals surface area contributed by atoms with Gasteiger partial charge in [-0.1, -0.05) is 41.5 Å². The quantitative estimate of drug-likeness (QED) is 0.570. The van der Waals surface area contributed by atoms with Gasteiger partial charge in [0, 0.05) is 100 Å². The molecule has 0 aliphatic carbocycles. The summed E-state index contributed by atoms with van der Waals surface area (Å²) in [6, 6.07) is 0. The smallest absolute Gasteiger partial charge is 0.224 e. The van der Waals surface area contributed by atoms with Crippen LogP contribution in [-0.2, 0) is 24.0 Å². The molecule has 10 heteroatoms. The van der Waals surface area contributed by atoms with Crippen molar-refractivity contribution in [3.63, 3.8) is 0 Å². The molecule has 0 aromatic rings. The fourth-order valence-electron chi connectivity index (χ4n) is 2.84. The van der Waals surface area contributed by atoms with Crippen LogP contribution in [0.5, 0.6) is 0 Å². The van der Waals surface area contributed by atoms with Gasteiger partial charge in [-0.2, -0.15) is 0 Å². The van der Waals surface area contributed by atoms with Gasteiger partial charge in [-0.3, -0.25) is 24.0 Å². The first-order chi connectivity index (χ1) is 16.4. The normalized spacial score (nSPS) is 12.2. The first-order valence-corrected chi connectivity index (χ1v) is 12.6. The number of hydrogen-bond donors (Lipinski definition) is 0. The van der Waals surface area contributed by atoms with E-state index in [-0.39, 0.29) is 41.4 Å². The highest BCUT2D eigenvalue weighted by Crippen LogP contribution is 2.03. The van der Waals surface area contributed by atoms with Crippen molar-refractivity contribution in [2.75, 3.05) is 68.5 Å². The Bertz CT molecular complexity index is 624. The maximum absolute atomic E-state index is 11.3. The van der Waals surface area contributed by atoms with Crippen LogP contribution in [0.25, 0.3) is 0 Å². The Kier molecular flexibility index (Phi) is 21.6. The number of piperazine rings is 1. The van der Waals surface area contributed by atoms with Crippen LogP contribution in [0.3, 0.4) is 0 Å². The lowest BCUT2D eigenvalue weighted by molar-refractivity contribution is -0.138. The second kappa shape index (κ2) is 20.5. The number of carbonyl (C=O) groups is 5. The molecule has 0 N–H and O–H groups in total. The summed E-state index contributed by atoms with van der Waals surface area (Å²) in [7, 11) is 10.6. The van der Waals surface area contributed by atoms with Gasteiger partial charge in [0.15, 0.2) is 0 Å². The molecule has 0 bridgehead atoms. The molecule has 212 valence electrons. The SMILES string of the molecule is CC(C)C(=O)N(C)C.CC(C)C(=O)N(C)C.CCC(=O)N(C)C.CCC(=O)N1CCN(C(C)=O)CC1. The maximum atomic E-state index is 11.3. The summed E-state index contributed by atoms with van der Waals surface area (Å²) < 4.78 is 0. The van der Waals surface area contributed by atoms with E-state index in [2.05, 4.69) is 0 Å². The fraction of sp³-hybridized carbons (Fsp3) is 0.808. The molecule has 0 atom stereocenters. The Labute approximate surface area is 219 Å². The Morgan fingerprint density at radius 3 is 1.08 bits per heavy atom. The molecule has 1 heterocycles. The molecule has 0 aromatic heterocycles. The largest absolute Gasteiger partial charge is 0.349 e. The highest BCUT2D eigenvalue weighted by Gasteiger charge is 2.20. The van der Waals surface area contributed by atoms with Gasteiger partial charge in [0.2, 0.25) is 29.5 Å². The van der Waals surface area contributed by atoms with Gasteiger partial charge in [-0.25, -0.2) is 0 Å². The molecule has 0 unspecified atom stereocenters. The molecule has 1 rings (SSSR count). The van der Waals surface area contributed by atoms with Crippen molar-refractivity contribution in [3.05, 3.63) is 0 Å². The molecule has 1 fully saturated rings. The zero-order valence-corrected chi connectivity index (χ0v) is 25.2.